The first-order valence-electron chi connectivity index (χ1n) is 5.57. The van der Waals surface area contributed by atoms with Gasteiger partial charge < -0.3 is 5.32 Å². The van der Waals surface area contributed by atoms with E-state index in [4.69, 9.17) is 0 Å². The number of nitrogens with zero attached hydrogens (tertiary/aromatic N) is 3. The predicted molar refractivity (Wildman–Crippen MR) is 64.8 cm³/mol. The van der Waals surface area contributed by atoms with E-state index in [1.165, 1.54) is 18.3 Å². The summed E-state index contributed by atoms with van der Waals surface area (Å²) in [4.78, 5) is 15.5. The number of amides is 1. The summed E-state index contributed by atoms with van der Waals surface area (Å²) in [7, 11) is 0. The van der Waals surface area contributed by atoms with E-state index in [0.717, 1.165) is 5.69 Å². The van der Waals surface area contributed by atoms with Gasteiger partial charge in [0, 0.05) is 6.54 Å². The second-order valence-electron chi connectivity index (χ2n) is 3.81. The fraction of sp³-hybridized carbons (Fsp3) is 0.250. The highest BCUT2D eigenvalue weighted by Crippen LogP contribution is 2.10. The summed E-state index contributed by atoms with van der Waals surface area (Å²) in [5, 5.41) is 6.83. The maximum atomic E-state index is 12.6. The first-order valence-corrected chi connectivity index (χ1v) is 5.57. The van der Waals surface area contributed by atoms with Crippen LogP contribution in [0.25, 0.3) is 0 Å². The van der Waals surface area contributed by atoms with Crippen molar-refractivity contribution in [1.29, 1.82) is 0 Å². The van der Waals surface area contributed by atoms with Crippen molar-refractivity contribution in [3.63, 3.8) is 0 Å². The average molecular weight is 248 g/mol. The Balaban J connectivity index is 2.19. The van der Waals surface area contributed by atoms with Gasteiger partial charge in [0.25, 0.3) is 5.91 Å². The first kappa shape index (κ1) is 12.2. The molecule has 0 aromatic carbocycles. The van der Waals surface area contributed by atoms with E-state index in [2.05, 4.69) is 15.4 Å². The van der Waals surface area contributed by atoms with Gasteiger partial charge in [-0.2, -0.15) is 9.49 Å². The predicted octanol–water partition coefficient (Wildman–Crippen LogP) is 2.00. The molecule has 2 heterocycles. The summed E-state index contributed by atoms with van der Waals surface area (Å²) in [5.41, 5.74) is 1.70. The number of aromatic nitrogens is 3. The fourth-order valence-corrected chi connectivity index (χ4v) is 1.61. The molecular formula is C12H13FN4O. The molecule has 0 saturated carbocycles. The number of hydrogen-bond acceptors (Lipinski definition) is 3. The zero-order valence-corrected chi connectivity index (χ0v) is 10.1. The van der Waals surface area contributed by atoms with E-state index in [-0.39, 0.29) is 5.91 Å². The Morgan fingerprint density at radius 1 is 1.50 bits per heavy atom. The largest absolute Gasteiger partial charge is 0.319 e. The van der Waals surface area contributed by atoms with Gasteiger partial charge in [0.2, 0.25) is 5.95 Å². The zero-order valence-electron chi connectivity index (χ0n) is 10.1. The normalized spacial score (nSPS) is 10.4. The van der Waals surface area contributed by atoms with Gasteiger partial charge in [-0.3, -0.25) is 9.48 Å². The number of aryl methyl sites for hydroxylation is 2. The van der Waals surface area contributed by atoms with Crippen molar-refractivity contribution >= 4 is 11.6 Å². The van der Waals surface area contributed by atoms with Crippen LogP contribution in [-0.2, 0) is 6.54 Å². The van der Waals surface area contributed by atoms with Crippen LogP contribution in [0.1, 0.15) is 23.1 Å². The lowest BCUT2D eigenvalue weighted by atomic mass is 10.3. The summed E-state index contributed by atoms with van der Waals surface area (Å²) in [5.74, 6) is -0.867. The van der Waals surface area contributed by atoms with Gasteiger partial charge in [0.05, 0.1) is 17.6 Å². The van der Waals surface area contributed by atoms with Gasteiger partial charge in [0.1, 0.15) is 5.69 Å². The molecule has 0 aliphatic carbocycles. The van der Waals surface area contributed by atoms with Crippen molar-refractivity contribution in [2.24, 2.45) is 0 Å². The van der Waals surface area contributed by atoms with Gasteiger partial charge in [-0.15, -0.1) is 0 Å². The Morgan fingerprint density at radius 2 is 2.28 bits per heavy atom. The highest BCUT2D eigenvalue weighted by Gasteiger charge is 2.13. The van der Waals surface area contributed by atoms with Crippen LogP contribution in [0.2, 0.25) is 0 Å². The molecule has 94 valence electrons. The van der Waals surface area contributed by atoms with Crippen LogP contribution in [0, 0.1) is 12.9 Å². The lowest BCUT2D eigenvalue weighted by Gasteiger charge is -2.05. The minimum atomic E-state index is -0.581. The van der Waals surface area contributed by atoms with E-state index in [1.807, 2.05) is 13.8 Å². The molecule has 0 radical (unpaired) electrons. The SMILES string of the molecule is CCn1nc(C)cc1C(=O)Nc1ccc(F)nc1. The lowest BCUT2D eigenvalue weighted by Crippen LogP contribution is -2.17. The molecular weight excluding hydrogens is 235 g/mol. The maximum Gasteiger partial charge on any atom is 0.273 e. The third kappa shape index (κ3) is 2.53. The van der Waals surface area contributed by atoms with Crippen molar-refractivity contribution in [2.75, 3.05) is 5.32 Å². The Hall–Kier alpha value is -2.24. The molecule has 0 bridgehead atoms. The number of pyridine rings is 1. The van der Waals surface area contributed by atoms with Crippen LogP contribution < -0.4 is 5.32 Å². The quantitative estimate of drug-likeness (QED) is 0.845. The molecule has 5 nitrogen and oxygen atoms in total. The monoisotopic (exact) mass is 248 g/mol. The van der Waals surface area contributed by atoms with Crippen LogP contribution in [0.15, 0.2) is 24.4 Å². The number of nitrogens with one attached hydrogen (secondary N) is 1. The standard InChI is InChI=1S/C12H13FN4O/c1-3-17-10(6-8(2)16-17)12(18)15-9-4-5-11(13)14-7-9/h4-7H,3H2,1-2H3,(H,15,18). The van der Waals surface area contributed by atoms with Crippen molar-refractivity contribution in [3.05, 3.63) is 41.7 Å². The lowest BCUT2D eigenvalue weighted by molar-refractivity contribution is 0.101. The number of hydrogen-bond donors (Lipinski definition) is 1. The Kier molecular flexibility index (Phi) is 3.36. The molecule has 2 aromatic heterocycles. The van der Waals surface area contributed by atoms with Crippen LogP contribution >= 0.6 is 0 Å². The van der Waals surface area contributed by atoms with Gasteiger partial charge >= 0.3 is 0 Å². The molecule has 0 aliphatic heterocycles. The summed E-state index contributed by atoms with van der Waals surface area (Å²) >= 11 is 0. The summed E-state index contributed by atoms with van der Waals surface area (Å²) in [6.07, 6.45) is 1.27. The smallest absolute Gasteiger partial charge is 0.273 e. The Labute approximate surface area is 104 Å². The Bertz CT molecular complexity index is 562. The van der Waals surface area contributed by atoms with Crippen molar-refractivity contribution in [3.8, 4) is 0 Å². The minimum absolute atomic E-state index is 0.286. The summed E-state index contributed by atoms with van der Waals surface area (Å²) in [6, 6.07) is 4.35. The van der Waals surface area contributed by atoms with E-state index in [0.29, 0.717) is 17.9 Å². The number of carbonyl (C=O) groups is 1. The van der Waals surface area contributed by atoms with Crippen molar-refractivity contribution in [1.82, 2.24) is 14.8 Å². The molecule has 0 atom stereocenters. The number of halogens is 1. The maximum absolute atomic E-state index is 12.6. The van der Waals surface area contributed by atoms with Gasteiger partial charge in [-0.1, -0.05) is 0 Å². The van der Waals surface area contributed by atoms with Gasteiger partial charge in [-0.05, 0) is 32.0 Å². The van der Waals surface area contributed by atoms with Crippen LogP contribution in [0.3, 0.4) is 0 Å². The number of rotatable bonds is 3. The summed E-state index contributed by atoms with van der Waals surface area (Å²) < 4.78 is 14.2. The Morgan fingerprint density at radius 3 is 2.89 bits per heavy atom. The molecule has 0 spiro atoms. The molecule has 0 fully saturated rings. The third-order valence-corrected chi connectivity index (χ3v) is 2.42. The molecule has 0 saturated heterocycles. The van der Waals surface area contributed by atoms with Crippen LogP contribution in [-0.4, -0.2) is 20.7 Å². The number of anilines is 1. The highest BCUT2D eigenvalue weighted by molar-refractivity contribution is 6.03. The van der Waals surface area contributed by atoms with Crippen molar-refractivity contribution in [2.45, 2.75) is 20.4 Å². The third-order valence-electron chi connectivity index (χ3n) is 2.42. The first-order chi connectivity index (χ1) is 8.60. The van der Waals surface area contributed by atoms with Crippen molar-refractivity contribution < 1.29 is 9.18 Å². The van der Waals surface area contributed by atoms with E-state index < -0.39 is 5.95 Å². The minimum Gasteiger partial charge on any atom is -0.319 e. The molecule has 1 N–H and O–H groups in total. The molecule has 1 amide bonds. The molecule has 0 aliphatic rings. The summed E-state index contributed by atoms with van der Waals surface area (Å²) in [6.45, 7) is 4.34. The number of carbonyl (C=O) groups excluding carboxylic acids is 1. The van der Waals surface area contributed by atoms with Crippen LogP contribution in [0.4, 0.5) is 10.1 Å². The molecule has 2 aromatic rings. The van der Waals surface area contributed by atoms with Gasteiger partial charge in [0.15, 0.2) is 0 Å². The topological polar surface area (TPSA) is 59.8 Å². The second kappa shape index (κ2) is 4.95. The van der Waals surface area contributed by atoms with E-state index in [9.17, 15) is 9.18 Å². The fourth-order valence-electron chi connectivity index (χ4n) is 1.61. The molecule has 2 rings (SSSR count). The molecule has 0 unspecified atom stereocenters. The highest BCUT2D eigenvalue weighted by atomic mass is 19.1. The van der Waals surface area contributed by atoms with Crippen LogP contribution in [0.5, 0.6) is 0 Å². The molecule has 18 heavy (non-hydrogen) atoms. The van der Waals surface area contributed by atoms with E-state index >= 15 is 0 Å². The van der Waals surface area contributed by atoms with E-state index in [1.54, 1.807) is 10.7 Å². The average Bonchev–Trinajstić information content (AvgIpc) is 2.73. The zero-order chi connectivity index (χ0) is 13.1. The molecule has 6 heteroatoms. The second-order valence-corrected chi connectivity index (χ2v) is 3.81. The van der Waals surface area contributed by atoms with Gasteiger partial charge in [-0.25, -0.2) is 4.98 Å².